The molecule has 9 N–H and O–H groups in total. The maximum atomic E-state index is 12.1. The van der Waals surface area contributed by atoms with Gasteiger partial charge in [-0.25, -0.2) is 45.7 Å². The van der Waals surface area contributed by atoms with E-state index in [0.29, 0.717) is 61.5 Å². The average Bonchev–Trinajstić information content (AvgIpc) is 1.65. The van der Waals surface area contributed by atoms with E-state index < -0.39 is 100 Å². The molecule has 0 aliphatic carbocycles. The lowest BCUT2D eigenvalue weighted by molar-refractivity contribution is -0.671. The number of nitrogens with zero attached hydrogens (tertiary/aromatic N) is 18. The van der Waals surface area contributed by atoms with Crippen LogP contribution in [0.4, 0.5) is 67.0 Å². The van der Waals surface area contributed by atoms with Gasteiger partial charge in [0.2, 0.25) is 25.3 Å². The highest BCUT2D eigenvalue weighted by Gasteiger charge is 2.42. The van der Waals surface area contributed by atoms with Crippen molar-refractivity contribution in [2.75, 3.05) is 95.2 Å². The number of aromatic nitrogens is 8. The number of nitro groups is 5. The average molecular weight is 1860 g/mol. The highest BCUT2D eigenvalue weighted by molar-refractivity contribution is 7.86. The summed E-state index contributed by atoms with van der Waals surface area (Å²) in [6.07, 6.45) is 28.2. The van der Waals surface area contributed by atoms with Crippen LogP contribution >= 0.6 is 0 Å². The smallest absolute Gasteiger partial charge is 0.326 e. The molecule has 44 nitrogen and oxygen atoms in total. The van der Waals surface area contributed by atoms with Gasteiger partial charge in [0.25, 0.3) is 48.7 Å². The molecule has 1 unspecified atom stereocenters. The highest BCUT2D eigenvalue weighted by atomic mass is 32.2. The predicted octanol–water partition coefficient (Wildman–Crippen LogP) is 4.58. The van der Waals surface area contributed by atoms with Crippen LogP contribution in [0, 0.1) is 56.4 Å². The first kappa shape index (κ1) is 99.6. The van der Waals surface area contributed by atoms with Gasteiger partial charge < -0.3 is 66.2 Å². The number of aryl methyl sites for hydroxylation is 4. The van der Waals surface area contributed by atoms with E-state index in [2.05, 4.69) is 142 Å². The number of hydrogen-bond donors (Lipinski definition) is 8. The normalized spacial score (nSPS) is 21.4. The van der Waals surface area contributed by atoms with Crippen LogP contribution in [0.1, 0.15) is 50.6 Å². The first-order chi connectivity index (χ1) is 62.0. The Kier molecular flexibility index (Phi) is 34.3. The third kappa shape index (κ3) is 29.2. The Morgan fingerprint density at radius 3 is 1.14 bits per heavy atom. The zero-order chi connectivity index (χ0) is 95.3. The monoisotopic (exact) mass is 1860 g/mol. The summed E-state index contributed by atoms with van der Waals surface area (Å²) in [7, 11) is 0.836. The standard InChI is InChI=1S/C19H24N6O2.C19H26N6.C13H18N2O8S2.C11H12N2O5.C11H14N2O4.C6H4FNO2.C5H9NO3/c1-20-7-9-22(14-20)12-19-11-18(23-10-8-21(2)15-23)13-24(19)16-3-5-17(6-4-16)25(26)27;1-21-7-9-23(14-21)12-19-11-18(24-10-8-22(2)15-24)13-25(19)17-5-3-16(20)4-6-17;1-24(18,19)22-9-12-7-13(23-25(2,20)21)8-14(12)10-3-5-11(6-4-10)15(16)17;14-9-5-10(11(15)16)12(6-9)7-1-3-8(4-2-7)13(17)18;14-7-10-5-11(15)6-12(10)8-1-3-9(4-2-8)13(16)17;7-5-1-3-6(4-2-5)8(9)10;7-3-1-4(5(8)9)6-2-3/h3-10,14-15,18-19H,11-13H2,1-2H3;3-10,14-15,18-19H,11-13,20H2,1-2H3;3-6,12-13H,7-9H2,1-2H3;1-4,9-10,14H,5-6H2,(H,15,16);1-4,10-11,14-15H,5-7H2;1-4H;3-4,6-7H,1-2H2,(H,8,9)/q2*+2;;;;;/t2*18-,19-;12-,13+;9-,10?;10-,11+;;3-,4+/m00010.1/s1. The minimum Gasteiger partial charge on any atom is -0.480 e. The molecule has 6 aromatic carbocycles. The van der Waals surface area contributed by atoms with E-state index in [0.717, 1.165) is 92.9 Å². The summed E-state index contributed by atoms with van der Waals surface area (Å²) in [6.45, 7) is 4.78. The van der Waals surface area contributed by atoms with Gasteiger partial charge >= 0.3 is 11.9 Å². The Hall–Kier alpha value is -13.6. The molecule has 6 saturated heterocycles. The van der Waals surface area contributed by atoms with Gasteiger partial charge in [-0.05, 0) is 97.8 Å². The number of nitro benzene ring substituents is 5. The van der Waals surface area contributed by atoms with Gasteiger partial charge in [0, 0.05) is 147 Å². The molecule has 10 aromatic rings. The number of nitrogen functional groups attached to an aromatic ring is 1. The molecular weight excluding hydrogens is 1760 g/mol. The molecular formula is C84H107FN20O24S2+4. The third-order valence-corrected chi connectivity index (χ3v) is 23.4. The van der Waals surface area contributed by atoms with Gasteiger partial charge in [0.05, 0.1) is 140 Å². The highest BCUT2D eigenvalue weighted by Crippen LogP contribution is 2.37. The number of aliphatic hydroxyl groups excluding tert-OH is 4. The summed E-state index contributed by atoms with van der Waals surface area (Å²) in [5, 5.41) is 110. The van der Waals surface area contributed by atoms with Crippen molar-refractivity contribution in [2.45, 2.75) is 124 Å². The number of carbonyl (C=O) groups is 2. The maximum Gasteiger partial charge on any atom is 0.326 e. The second kappa shape index (κ2) is 45.1. The van der Waals surface area contributed by atoms with Crippen LogP contribution in [0.5, 0.6) is 0 Å². The SMILES string of the molecule is CS(=O)(=O)OC[C@@H]1C[C@@H](OS(C)(=O)=O)CN1c1ccc([N+](=O)[O-])cc1.C[n+]1ccn(C[C@@H]2C[C@H](n3cc[n+](C)c3)CN2c2ccc(N)cc2)c1.C[n+]1ccn(C[C@@H]2C[C@H](n3cc[n+](C)c3)CN2c2ccc([N+](=O)[O-])cc2)c1.O=C(O)C1C[C@@H](O)CN1c1ccc([N+](=O)[O-])cc1.O=C(O)[C@@H]1C[C@@H](O)CN1.O=[N+]([O-])c1ccc(F)cc1.O=[N+]([O-])c1ccc(N2C[C@H](O)C[C@H]2CO)cc1. The Morgan fingerprint density at radius 2 is 0.809 bits per heavy atom. The molecule has 4 aromatic heterocycles. The van der Waals surface area contributed by atoms with Gasteiger partial charge in [-0.3, -0.25) is 63.7 Å². The van der Waals surface area contributed by atoms with E-state index >= 15 is 0 Å². The lowest BCUT2D eigenvalue weighted by Gasteiger charge is -2.25. The van der Waals surface area contributed by atoms with E-state index in [1.807, 2.05) is 54.0 Å². The van der Waals surface area contributed by atoms with E-state index in [-0.39, 0.29) is 78.5 Å². The van der Waals surface area contributed by atoms with Crippen molar-refractivity contribution in [3.63, 3.8) is 0 Å². The molecule has 6 fully saturated rings. The Bertz CT molecular complexity index is 5750. The number of aliphatic hydroxyl groups is 4. The van der Waals surface area contributed by atoms with Crippen molar-refractivity contribution >= 4 is 94.7 Å². The Balaban J connectivity index is 0.000000163. The van der Waals surface area contributed by atoms with Crippen molar-refractivity contribution in [2.24, 2.45) is 28.2 Å². The number of aliphatic carboxylic acids is 2. The number of benzene rings is 6. The van der Waals surface area contributed by atoms with E-state index in [1.165, 1.54) is 71.3 Å². The van der Waals surface area contributed by atoms with Crippen molar-refractivity contribution in [3.05, 3.63) is 277 Å². The fourth-order valence-corrected chi connectivity index (χ4v) is 17.1. The minimum absolute atomic E-state index is 0.0337. The predicted molar refractivity (Wildman–Crippen MR) is 473 cm³/mol. The third-order valence-electron chi connectivity index (χ3n) is 22.3. The van der Waals surface area contributed by atoms with Crippen LogP contribution in [0.25, 0.3) is 0 Å². The first-order valence-corrected chi connectivity index (χ1v) is 44.9. The van der Waals surface area contributed by atoms with Crippen molar-refractivity contribution < 1.29 is 113 Å². The van der Waals surface area contributed by atoms with Crippen molar-refractivity contribution in [3.8, 4) is 0 Å². The summed E-state index contributed by atoms with van der Waals surface area (Å²) in [6, 6.07) is 36.6. The van der Waals surface area contributed by atoms with Crippen LogP contribution in [-0.2, 0) is 79.5 Å². The number of β-amino-alcohol motifs (C(OH)–C–C–N with tert-alkyl or cyclic N) is 3. The van der Waals surface area contributed by atoms with Gasteiger partial charge in [-0.2, -0.15) is 16.8 Å². The molecule has 12 atom stereocenters. The van der Waals surface area contributed by atoms with Gasteiger partial charge in [0.15, 0.2) is 0 Å². The quantitative estimate of drug-likeness (QED) is 0.0135. The second-order valence-electron chi connectivity index (χ2n) is 32.3. The summed E-state index contributed by atoms with van der Waals surface area (Å²) in [4.78, 5) is 81.5. The van der Waals surface area contributed by atoms with E-state index in [4.69, 9.17) is 29.4 Å². The zero-order valence-electron chi connectivity index (χ0n) is 72.4. The van der Waals surface area contributed by atoms with Gasteiger partial charge in [-0.1, -0.05) is 0 Å². The van der Waals surface area contributed by atoms with Crippen LogP contribution in [0.3, 0.4) is 0 Å². The molecule has 0 spiro atoms. The molecule has 16 rings (SSSR count). The number of carboxylic acid groups (broad SMARTS) is 2. The minimum atomic E-state index is -3.67. The van der Waals surface area contributed by atoms with Gasteiger partial charge in [0.1, 0.15) is 92.6 Å². The number of rotatable bonds is 24. The molecule has 0 bridgehead atoms. The number of nitrogens with two attached hydrogens (primary N) is 1. The molecule has 47 heteroatoms. The van der Waals surface area contributed by atoms with Crippen LogP contribution < -0.4 is 53.8 Å². The zero-order valence-corrected chi connectivity index (χ0v) is 74.0. The van der Waals surface area contributed by atoms with E-state index in [9.17, 15) is 96.7 Å². The molecule has 0 saturated carbocycles. The summed E-state index contributed by atoms with van der Waals surface area (Å²) in [5.41, 5.74) is 10.8. The van der Waals surface area contributed by atoms with Crippen LogP contribution in [0.15, 0.2) is 220 Å². The summed E-state index contributed by atoms with van der Waals surface area (Å²) in [5.74, 6) is -2.36. The fraction of sp³-hybridized carbons (Fsp3) is 0.405. The van der Waals surface area contributed by atoms with Gasteiger partial charge in [-0.15, -0.1) is 0 Å². The fourth-order valence-electron chi connectivity index (χ4n) is 16.1. The second-order valence-corrected chi connectivity index (χ2v) is 35.6. The lowest BCUT2D eigenvalue weighted by atomic mass is 10.1. The molecule has 702 valence electrons. The topological polar surface area (TPSA) is 547 Å². The van der Waals surface area contributed by atoms with Crippen molar-refractivity contribution in [1.82, 2.24) is 23.6 Å². The summed E-state index contributed by atoms with van der Waals surface area (Å²) >= 11 is 0. The van der Waals surface area contributed by atoms with Crippen molar-refractivity contribution in [1.29, 1.82) is 0 Å². The Morgan fingerprint density at radius 1 is 0.450 bits per heavy atom. The molecule has 6 aliphatic heterocycles. The molecule has 131 heavy (non-hydrogen) atoms. The maximum absolute atomic E-state index is 12.1. The van der Waals surface area contributed by atoms with E-state index in [1.54, 1.807) is 29.2 Å². The number of non-ortho nitro benzene ring substituents is 5. The molecule has 0 radical (unpaired) electrons. The lowest BCUT2D eigenvalue weighted by Crippen LogP contribution is -2.35. The number of carboxylic acids is 2. The molecule has 0 amide bonds. The number of halogens is 1. The summed E-state index contributed by atoms with van der Waals surface area (Å²) < 4.78 is 84.4. The largest absolute Gasteiger partial charge is 0.480 e. The number of hydrogen-bond acceptors (Lipinski definition) is 29. The molecule has 10 heterocycles. The molecule has 6 aliphatic rings. The number of nitrogens with one attached hydrogen (secondary N) is 1. The van der Waals surface area contributed by atoms with Crippen LogP contribution in [-0.4, -0.2) is 228 Å². The first-order valence-electron chi connectivity index (χ1n) is 41.2. The number of imidazole rings is 4. The van der Waals surface area contributed by atoms with Crippen LogP contribution in [0.2, 0.25) is 0 Å². The number of anilines is 6. The Labute approximate surface area is 752 Å².